The molecule has 2 aliphatic heterocycles. The molecule has 0 aliphatic carbocycles. The molecular weight excluding hydrogens is 686 g/mol. The molecule has 2 fully saturated rings. The second-order valence-corrected chi connectivity index (χ2v) is 12.9. The van der Waals surface area contributed by atoms with Gasteiger partial charge in [0.05, 0.1) is 53.8 Å². The van der Waals surface area contributed by atoms with E-state index in [1.807, 2.05) is 97.2 Å². The Kier molecular flexibility index (Phi) is 8.46. The van der Waals surface area contributed by atoms with Gasteiger partial charge in [0.25, 0.3) is 0 Å². The summed E-state index contributed by atoms with van der Waals surface area (Å²) < 4.78 is 25.3. The van der Waals surface area contributed by atoms with Crippen LogP contribution in [0.1, 0.15) is 23.5 Å². The number of aryl methyl sites for hydroxylation is 1. The first-order valence-corrected chi connectivity index (χ1v) is 16.8. The van der Waals surface area contributed by atoms with Crippen LogP contribution < -0.4 is 15.0 Å². The summed E-state index contributed by atoms with van der Waals surface area (Å²) in [5.41, 5.74) is 5.24. The molecule has 0 unspecified atom stereocenters. The Morgan fingerprint density at radius 1 is 0.694 bits per heavy atom. The van der Waals surface area contributed by atoms with Crippen LogP contribution in [0, 0.1) is 0 Å². The second-order valence-electron chi connectivity index (χ2n) is 12.0. The summed E-state index contributed by atoms with van der Waals surface area (Å²) in [6.45, 7) is 2.83. The largest absolute Gasteiger partial charge is 0.454 e. The minimum Gasteiger partial charge on any atom is -0.454 e. The average molecular weight is 719 g/mol. The summed E-state index contributed by atoms with van der Waals surface area (Å²) in [6, 6.07) is 30.7. The number of aromatic nitrogens is 5. The minimum absolute atomic E-state index is 0.0533. The zero-order chi connectivity index (χ0) is 33.3. The molecule has 0 amide bonds. The van der Waals surface area contributed by atoms with Crippen LogP contribution in [-0.2, 0) is 16.5 Å². The Bertz CT molecular complexity index is 2310. The highest BCUT2D eigenvalue weighted by Gasteiger charge is 2.26. The van der Waals surface area contributed by atoms with Gasteiger partial charge < -0.3 is 33.5 Å². The maximum atomic E-state index is 11.8. The fourth-order valence-corrected chi connectivity index (χ4v) is 6.08. The standard InChI is InChI=1S/C22H19N3O3.C16H13BrN2O2/c1-25-11-14(7-10-19(25)26)17-8-9-18-20(24-22(23-18)15-12-27-13-15)21(17)28-16-5-3-2-4-6-16;17-12-6-7-13-14(19-16(18-13)10-8-20-9-10)15(12)21-11-4-2-1-3-5-11/h2-11,15H,12-13H2,1H3,(H,23,24);1-7,10H,8-9H2,(H,18,19). The number of imidazole rings is 2. The van der Waals surface area contributed by atoms with E-state index in [-0.39, 0.29) is 11.5 Å². The van der Waals surface area contributed by atoms with Crippen molar-refractivity contribution in [2.24, 2.45) is 7.05 Å². The number of nitrogens with zero attached hydrogens (tertiary/aromatic N) is 3. The van der Waals surface area contributed by atoms with E-state index >= 15 is 0 Å². The van der Waals surface area contributed by atoms with Crippen molar-refractivity contribution in [2.75, 3.05) is 26.4 Å². The molecular formula is C38H32BrN5O5. The number of H-pyrrole nitrogens is 2. The van der Waals surface area contributed by atoms with Crippen molar-refractivity contribution in [2.45, 2.75) is 11.8 Å². The molecule has 5 heterocycles. The highest BCUT2D eigenvalue weighted by atomic mass is 79.9. The first-order valence-electron chi connectivity index (χ1n) is 16.0. The van der Waals surface area contributed by atoms with Crippen molar-refractivity contribution in [1.82, 2.24) is 24.5 Å². The number of hydrogen-bond donors (Lipinski definition) is 2. The number of hydrogen-bond acceptors (Lipinski definition) is 7. The van der Waals surface area contributed by atoms with E-state index in [1.165, 1.54) is 0 Å². The van der Waals surface area contributed by atoms with Crippen molar-refractivity contribution >= 4 is 38.0 Å². The van der Waals surface area contributed by atoms with E-state index in [2.05, 4.69) is 25.9 Å². The van der Waals surface area contributed by atoms with Crippen molar-refractivity contribution in [1.29, 1.82) is 0 Å². The first-order chi connectivity index (χ1) is 24.0. The maximum Gasteiger partial charge on any atom is 0.250 e. The van der Waals surface area contributed by atoms with Gasteiger partial charge in [-0.25, -0.2) is 9.97 Å². The number of aromatic amines is 2. The van der Waals surface area contributed by atoms with Gasteiger partial charge in [-0.1, -0.05) is 36.4 Å². The average Bonchev–Trinajstić information content (AvgIpc) is 3.68. The molecule has 0 atom stereocenters. The Morgan fingerprint density at radius 3 is 1.76 bits per heavy atom. The molecule has 0 radical (unpaired) electrons. The molecule has 2 N–H and O–H groups in total. The number of benzene rings is 4. The lowest BCUT2D eigenvalue weighted by Crippen LogP contribution is -2.26. The Balaban J connectivity index is 0.000000148. The van der Waals surface area contributed by atoms with Crippen molar-refractivity contribution in [3.63, 3.8) is 0 Å². The van der Waals surface area contributed by atoms with Crippen LogP contribution in [0.25, 0.3) is 33.2 Å². The zero-order valence-corrected chi connectivity index (χ0v) is 28.1. The van der Waals surface area contributed by atoms with Crippen LogP contribution in [0.2, 0.25) is 0 Å². The van der Waals surface area contributed by atoms with E-state index in [9.17, 15) is 4.79 Å². The summed E-state index contributed by atoms with van der Waals surface area (Å²) in [7, 11) is 1.74. The molecule has 10 nitrogen and oxygen atoms in total. The molecule has 49 heavy (non-hydrogen) atoms. The number of pyridine rings is 1. The lowest BCUT2D eigenvalue weighted by atomic mass is 10.1. The van der Waals surface area contributed by atoms with Gasteiger partial charge in [0.1, 0.15) is 34.2 Å². The van der Waals surface area contributed by atoms with Crippen LogP contribution in [-0.4, -0.2) is 50.9 Å². The number of para-hydroxylation sites is 2. The van der Waals surface area contributed by atoms with E-state index in [0.29, 0.717) is 24.9 Å². The molecule has 0 bridgehead atoms. The van der Waals surface area contributed by atoms with E-state index in [0.717, 1.165) is 79.8 Å². The number of nitrogens with one attached hydrogen (secondary N) is 2. The Morgan fingerprint density at radius 2 is 1.22 bits per heavy atom. The monoisotopic (exact) mass is 717 g/mol. The second kappa shape index (κ2) is 13.3. The lowest BCUT2D eigenvalue weighted by molar-refractivity contribution is 0.00524. The molecule has 2 saturated heterocycles. The molecule has 7 aromatic rings. The van der Waals surface area contributed by atoms with E-state index in [1.54, 1.807) is 17.7 Å². The number of rotatable bonds is 7. The van der Waals surface area contributed by atoms with Crippen LogP contribution in [0.5, 0.6) is 23.0 Å². The van der Waals surface area contributed by atoms with Crippen LogP contribution in [0.3, 0.4) is 0 Å². The SMILES string of the molecule is Brc1ccc2[nH]c(C3COC3)nc2c1Oc1ccccc1.Cn1cc(-c2ccc3[nH]c(C4COC4)nc3c2Oc2ccccc2)ccc1=O. The van der Waals surface area contributed by atoms with Gasteiger partial charge in [-0.15, -0.1) is 0 Å². The molecule has 0 spiro atoms. The third-order valence-electron chi connectivity index (χ3n) is 8.58. The lowest BCUT2D eigenvalue weighted by Gasteiger charge is -2.23. The number of halogens is 1. The van der Waals surface area contributed by atoms with Crippen molar-refractivity contribution in [3.8, 4) is 34.1 Å². The molecule has 3 aromatic heterocycles. The summed E-state index contributed by atoms with van der Waals surface area (Å²) in [5.74, 6) is 5.47. The quantitative estimate of drug-likeness (QED) is 0.171. The normalized spacial score (nSPS) is 14.6. The van der Waals surface area contributed by atoms with Gasteiger partial charge in [0.2, 0.25) is 5.56 Å². The third kappa shape index (κ3) is 6.35. The Hall–Kier alpha value is -5.23. The van der Waals surface area contributed by atoms with Crippen LogP contribution in [0.4, 0.5) is 0 Å². The fraction of sp³-hybridized carbons (Fsp3) is 0.184. The predicted octanol–water partition coefficient (Wildman–Crippen LogP) is 8.07. The smallest absolute Gasteiger partial charge is 0.250 e. The number of ether oxygens (including phenoxy) is 4. The summed E-state index contributed by atoms with van der Waals surface area (Å²) in [6.07, 6.45) is 1.81. The van der Waals surface area contributed by atoms with Crippen molar-refractivity contribution < 1.29 is 18.9 Å². The van der Waals surface area contributed by atoms with Gasteiger partial charge in [-0.2, -0.15) is 0 Å². The first kappa shape index (κ1) is 31.1. The maximum absolute atomic E-state index is 11.8. The van der Waals surface area contributed by atoms with Gasteiger partial charge >= 0.3 is 0 Å². The summed E-state index contributed by atoms with van der Waals surface area (Å²) >= 11 is 3.55. The summed E-state index contributed by atoms with van der Waals surface area (Å²) in [4.78, 5) is 28.1. The fourth-order valence-electron chi connectivity index (χ4n) is 5.68. The van der Waals surface area contributed by atoms with E-state index in [4.69, 9.17) is 28.9 Å². The van der Waals surface area contributed by atoms with Gasteiger partial charge in [0.15, 0.2) is 11.5 Å². The Labute approximate surface area is 289 Å². The van der Waals surface area contributed by atoms with Gasteiger partial charge in [0, 0.05) is 30.4 Å². The number of fused-ring (bicyclic) bond motifs is 2. The van der Waals surface area contributed by atoms with Crippen LogP contribution in [0.15, 0.2) is 113 Å². The zero-order valence-electron chi connectivity index (χ0n) is 26.6. The molecule has 4 aromatic carbocycles. The molecule has 9 rings (SSSR count). The minimum atomic E-state index is -0.0533. The molecule has 0 saturated carbocycles. The predicted molar refractivity (Wildman–Crippen MR) is 191 cm³/mol. The topological polar surface area (TPSA) is 116 Å². The van der Waals surface area contributed by atoms with Gasteiger partial charge in [-0.3, -0.25) is 4.79 Å². The van der Waals surface area contributed by atoms with Gasteiger partial charge in [-0.05, 0) is 70.5 Å². The summed E-state index contributed by atoms with van der Waals surface area (Å²) in [5, 5.41) is 0. The van der Waals surface area contributed by atoms with Crippen LogP contribution >= 0.6 is 15.9 Å². The molecule has 11 heteroatoms. The highest BCUT2D eigenvalue weighted by Crippen LogP contribution is 2.40. The van der Waals surface area contributed by atoms with E-state index < -0.39 is 0 Å². The van der Waals surface area contributed by atoms with Crippen molar-refractivity contribution in [3.05, 3.63) is 130 Å². The highest BCUT2D eigenvalue weighted by molar-refractivity contribution is 9.10. The third-order valence-corrected chi connectivity index (χ3v) is 9.20. The molecule has 2 aliphatic rings. The molecule has 246 valence electrons.